The van der Waals surface area contributed by atoms with Crippen molar-refractivity contribution in [2.75, 3.05) is 0 Å². The molecule has 1 N–H and O–H groups in total. The van der Waals surface area contributed by atoms with Crippen molar-refractivity contribution < 1.29 is 9.50 Å². The highest BCUT2D eigenvalue weighted by molar-refractivity contribution is 5.69. The van der Waals surface area contributed by atoms with Crippen LogP contribution in [0.4, 0.5) is 4.39 Å². The summed E-state index contributed by atoms with van der Waals surface area (Å²) >= 11 is 0. The third-order valence-corrected chi connectivity index (χ3v) is 8.65. The van der Waals surface area contributed by atoms with Crippen LogP contribution in [0.15, 0.2) is 55.3 Å². The van der Waals surface area contributed by atoms with Gasteiger partial charge < -0.3 is 5.11 Å². The minimum atomic E-state index is -0.318. The summed E-state index contributed by atoms with van der Waals surface area (Å²) in [5, 5.41) is 10.9. The molecule has 3 aromatic rings. The first kappa shape index (κ1) is 22.5. The molecule has 2 fully saturated rings. The molecule has 35 heavy (non-hydrogen) atoms. The lowest BCUT2D eigenvalue weighted by Gasteiger charge is -2.51. The highest BCUT2D eigenvalue weighted by Crippen LogP contribution is 2.54. The Hall–Kier alpha value is -2.92. The zero-order valence-electron chi connectivity index (χ0n) is 20.3. The summed E-state index contributed by atoms with van der Waals surface area (Å²) in [5.74, 6) is 1.37. The largest absolute Gasteiger partial charge is 0.393 e. The van der Waals surface area contributed by atoms with Gasteiger partial charge in [-0.3, -0.25) is 4.98 Å². The fourth-order valence-electron chi connectivity index (χ4n) is 6.62. The minimum absolute atomic E-state index is 0.164. The molecule has 2 aromatic heterocycles. The summed E-state index contributed by atoms with van der Waals surface area (Å²) in [6, 6.07) is 11.0. The Bertz CT molecular complexity index is 1290. The Morgan fingerprint density at radius 2 is 1.97 bits per heavy atom. The molecule has 6 rings (SSSR count). The van der Waals surface area contributed by atoms with Crippen LogP contribution in [0.1, 0.15) is 68.3 Å². The fraction of sp³-hybridized carbons (Fsp3) is 0.433. The second-order valence-corrected chi connectivity index (χ2v) is 10.8. The van der Waals surface area contributed by atoms with Gasteiger partial charge in [-0.25, -0.2) is 14.4 Å². The smallest absolute Gasteiger partial charge is 0.160 e. The molecular formula is C30H32FN3O. The highest BCUT2D eigenvalue weighted by atomic mass is 19.1. The van der Waals surface area contributed by atoms with Gasteiger partial charge in [-0.05, 0) is 81.0 Å². The molecule has 2 saturated carbocycles. The molecule has 3 aliphatic carbocycles. The number of fused-ring (bicyclic) bond motifs is 3. The Morgan fingerprint density at radius 1 is 1.14 bits per heavy atom. The Balaban J connectivity index is 1.55. The molecule has 0 spiro atoms. The van der Waals surface area contributed by atoms with Crippen LogP contribution in [0.2, 0.25) is 0 Å². The van der Waals surface area contributed by atoms with E-state index in [0.29, 0.717) is 28.9 Å². The van der Waals surface area contributed by atoms with E-state index in [1.165, 1.54) is 18.9 Å². The van der Waals surface area contributed by atoms with Gasteiger partial charge in [0.05, 0.1) is 17.5 Å². The van der Waals surface area contributed by atoms with E-state index in [9.17, 15) is 5.11 Å². The number of aliphatic hydroxyl groups excluding tert-OH is 1. The van der Waals surface area contributed by atoms with Gasteiger partial charge in [-0.15, -0.1) is 6.58 Å². The maximum Gasteiger partial charge on any atom is 0.160 e. The number of aliphatic hydroxyl groups is 1. The lowest BCUT2D eigenvalue weighted by Crippen LogP contribution is -2.49. The van der Waals surface area contributed by atoms with Crippen molar-refractivity contribution in [3.8, 4) is 22.6 Å². The molecule has 0 unspecified atom stereocenters. The second-order valence-electron chi connectivity index (χ2n) is 10.8. The zero-order chi connectivity index (χ0) is 24.2. The van der Waals surface area contributed by atoms with Gasteiger partial charge in [0.1, 0.15) is 5.82 Å². The Labute approximate surface area is 206 Å². The minimum Gasteiger partial charge on any atom is -0.393 e. The number of hydrogen-bond acceptors (Lipinski definition) is 4. The van der Waals surface area contributed by atoms with Crippen molar-refractivity contribution in [2.24, 2.45) is 11.8 Å². The zero-order valence-corrected chi connectivity index (χ0v) is 20.3. The lowest BCUT2D eigenvalue weighted by molar-refractivity contribution is -0.0163. The van der Waals surface area contributed by atoms with Crippen molar-refractivity contribution in [3.63, 3.8) is 0 Å². The van der Waals surface area contributed by atoms with E-state index in [1.54, 1.807) is 6.07 Å². The number of hydrogen-bond donors (Lipinski definition) is 1. The topological polar surface area (TPSA) is 58.9 Å². The van der Waals surface area contributed by atoms with Crippen LogP contribution in [0, 0.1) is 17.7 Å². The van der Waals surface area contributed by atoms with Crippen LogP contribution < -0.4 is 0 Å². The van der Waals surface area contributed by atoms with Gasteiger partial charge in [0.2, 0.25) is 0 Å². The van der Waals surface area contributed by atoms with Crippen LogP contribution in [0.3, 0.4) is 0 Å². The SMILES string of the molecule is C=CC[C@H]1[C@H](O)CC[C@@]2(C)c3nc(-c4ccnc(C5CC5)c4)nc(-c4ccccc4F)c3CC[C@H]12. The number of pyridine rings is 1. The van der Waals surface area contributed by atoms with E-state index >= 15 is 4.39 Å². The van der Waals surface area contributed by atoms with Crippen molar-refractivity contribution in [3.05, 3.63) is 78.0 Å². The standard InChI is InChI=1S/C30H32FN3O/c1-3-6-20-23-12-11-22-27(21-7-4-5-8-24(21)31)33-29(19-14-16-32-25(17-19)18-9-10-18)34-28(22)30(23,2)15-13-26(20)35/h3-5,7-8,14,16-18,20,23,26,35H,1,6,9-13,15H2,2H3/t20-,23-,26-,30-/m1/s1. The lowest BCUT2D eigenvalue weighted by atomic mass is 9.54. The van der Waals surface area contributed by atoms with E-state index in [1.807, 2.05) is 30.5 Å². The van der Waals surface area contributed by atoms with Crippen LogP contribution in [-0.4, -0.2) is 26.2 Å². The summed E-state index contributed by atoms with van der Waals surface area (Å²) in [7, 11) is 0. The van der Waals surface area contributed by atoms with Gasteiger partial charge in [-0.1, -0.05) is 25.1 Å². The third-order valence-electron chi connectivity index (χ3n) is 8.65. The highest BCUT2D eigenvalue weighted by Gasteiger charge is 2.50. The molecular weight excluding hydrogens is 437 g/mol. The summed E-state index contributed by atoms with van der Waals surface area (Å²) in [4.78, 5) is 14.8. The quantitative estimate of drug-likeness (QED) is 0.440. The molecule has 2 heterocycles. The van der Waals surface area contributed by atoms with E-state index in [-0.39, 0.29) is 23.3 Å². The van der Waals surface area contributed by atoms with Gasteiger partial charge in [0.25, 0.3) is 0 Å². The Kier molecular flexibility index (Phi) is 5.56. The molecule has 0 bridgehead atoms. The molecule has 0 radical (unpaired) electrons. The predicted octanol–water partition coefficient (Wildman–Crippen LogP) is 6.39. The molecule has 0 saturated heterocycles. The number of benzene rings is 1. The number of allylic oxidation sites excluding steroid dienone is 1. The van der Waals surface area contributed by atoms with Crippen LogP contribution in [0.5, 0.6) is 0 Å². The van der Waals surface area contributed by atoms with E-state index in [0.717, 1.165) is 54.6 Å². The van der Waals surface area contributed by atoms with E-state index < -0.39 is 0 Å². The molecule has 3 aliphatic rings. The van der Waals surface area contributed by atoms with Gasteiger partial charge in [0.15, 0.2) is 5.82 Å². The first-order chi connectivity index (χ1) is 17.0. The van der Waals surface area contributed by atoms with Crippen molar-refractivity contribution in [1.82, 2.24) is 15.0 Å². The van der Waals surface area contributed by atoms with Crippen molar-refractivity contribution >= 4 is 0 Å². The molecule has 5 heteroatoms. The maximum absolute atomic E-state index is 15.1. The van der Waals surface area contributed by atoms with E-state index in [2.05, 4.69) is 24.6 Å². The van der Waals surface area contributed by atoms with Crippen molar-refractivity contribution in [2.45, 2.75) is 69.3 Å². The molecule has 180 valence electrons. The molecule has 0 amide bonds. The number of halogens is 1. The van der Waals surface area contributed by atoms with Crippen LogP contribution in [-0.2, 0) is 11.8 Å². The normalized spacial score (nSPS) is 27.7. The van der Waals surface area contributed by atoms with Gasteiger partial charge >= 0.3 is 0 Å². The van der Waals surface area contributed by atoms with Crippen molar-refractivity contribution in [1.29, 1.82) is 0 Å². The molecule has 1 aromatic carbocycles. The molecule has 4 nitrogen and oxygen atoms in total. The second kappa shape index (κ2) is 8.63. The van der Waals surface area contributed by atoms with Gasteiger partial charge in [0, 0.05) is 39.9 Å². The average Bonchev–Trinajstić information content (AvgIpc) is 3.72. The number of rotatable bonds is 5. The van der Waals surface area contributed by atoms with Gasteiger partial charge in [-0.2, -0.15) is 0 Å². The first-order valence-corrected chi connectivity index (χ1v) is 12.9. The number of aromatic nitrogens is 3. The maximum atomic E-state index is 15.1. The molecule has 4 atom stereocenters. The molecule has 0 aliphatic heterocycles. The van der Waals surface area contributed by atoms with Crippen LogP contribution in [0.25, 0.3) is 22.6 Å². The Morgan fingerprint density at radius 3 is 2.74 bits per heavy atom. The third kappa shape index (κ3) is 3.81. The monoisotopic (exact) mass is 469 g/mol. The average molecular weight is 470 g/mol. The summed E-state index contributed by atoms with van der Waals surface area (Å²) < 4.78 is 15.1. The summed E-state index contributed by atoms with van der Waals surface area (Å²) in [5.41, 5.74) is 5.15. The predicted molar refractivity (Wildman–Crippen MR) is 135 cm³/mol. The summed E-state index contributed by atoms with van der Waals surface area (Å²) in [6.45, 7) is 6.25. The number of nitrogens with zero attached hydrogens (tertiary/aromatic N) is 3. The summed E-state index contributed by atoms with van der Waals surface area (Å²) in [6.07, 6.45) is 9.91. The fourth-order valence-corrected chi connectivity index (χ4v) is 6.62. The van der Waals surface area contributed by atoms with Crippen LogP contribution >= 0.6 is 0 Å². The van der Waals surface area contributed by atoms with E-state index in [4.69, 9.17) is 9.97 Å². The first-order valence-electron chi connectivity index (χ1n) is 12.9.